The van der Waals surface area contributed by atoms with E-state index in [0.717, 1.165) is 0 Å². The number of rotatable bonds is 4. The Hall–Kier alpha value is -0.740. The molecule has 0 aliphatic carbocycles. The maximum absolute atomic E-state index is 13.2. The van der Waals surface area contributed by atoms with Crippen LogP contribution >= 0.6 is 11.8 Å². The lowest BCUT2D eigenvalue weighted by molar-refractivity contribution is 0.203. The fourth-order valence-electron chi connectivity index (χ4n) is 1.14. The van der Waals surface area contributed by atoms with Crippen LogP contribution in [0, 0.1) is 5.82 Å². The smallest absolute Gasteiger partial charge is 0.165 e. The highest BCUT2D eigenvalue weighted by molar-refractivity contribution is 7.98. The van der Waals surface area contributed by atoms with Crippen LogP contribution in [0.3, 0.4) is 0 Å². The van der Waals surface area contributed by atoms with Gasteiger partial charge in [-0.25, -0.2) is 4.39 Å². The molecule has 0 saturated carbocycles. The van der Waals surface area contributed by atoms with E-state index in [0.29, 0.717) is 11.3 Å². The first kappa shape index (κ1) is 11.3. The number of ether oxygens (including phenoxy) is 1. The molecule has 0 bridgehead atoms. The fourth-order valence-corrected chi connectivity index (χ4v) is 1.65. The number of aliphatic hydroxyl groups is 1. The van der Waals surface area contributed by atoms with Crippen molar-refractivity contribution < 1.29 is 14.2 Å². The quantitative estimate of drug-likeness (QED) is 0.837. The Morgan fingerprint density at radius 1 is 1.57 bits per heavy atom. The minimum absolute atomic E-state index is 0.199. The van der Waals surface area contributed by atoms with Gasteiger partial charge in [0.2, 0.25) is 0 Å². The summed E-state index contributed by atoms with van der Waals surface area (Å²) in [4.78, 5) is 0. The van der Waals surface area contributed by atoms with E-state index in [1.807, 2.05) is 6.26 Å². The van der Waals surface area contributed by atoms with Crippen molar-refractivity contribution in [2.24, 2.45) is 0 Å². The second kappa shape index (κ2) is 5.22. The Morgan fingerprint density at radius 2 is 2.29 bits per heavy atom. The van der Waals surface area contributed by atoms with Gasteiger partial charge in [0, 0.05) is 5.75 Å². The third-order valence-electron chi connectivity index (χ3n) is 1.89. The molecule has 0 aliphatic heterocycles. The zero-order valence-corrected chi connectivity index (χ0v) is 8.97. The van der Waals surface area contributed by atoms with Crippen LogP contribution in [-0.2, 0) is 0 Å². The van der Waals surface area contributed by atoms with Gasteiger partial charge in [0.05, 0.1) is 13.2 Å². The molecule has 78 valence electrons. The number of aliphatic hydroxyl groups excluding tert-OH is 1. The lowest BCUT2D eigenvalue weighted by Crippen LogP contribution is -2.01. The zero-order chi connectivity index (χ0) is 10.6. The first-order valence-electron chi connectivity index (χ1n) is 4.19. The number of thioether (sulfide) groups is 1. The molecule has 1 N–H and O–H groups in total. The van der Waals surface area contributed by atoms with E-state index in [4.69, 9.17) is 4.74 Å². The molecule has 0 aliphatic rings. The highest BCUT2D eigenvalue weighted by Crippen LogP contribution is 2.23. The van der Waals surface area contributed by atoms with Crippen molar-refractivity contribution in [2.45, 2.75) is 6.10 Å². The second-order valence-electron chi connectivity index (χ2n) is 2.87. The highest BCUT2D eigenvalue weighted by atomic mass is 32.2. The van der Waals surface area contributed by atoms with Crippen LogP contribution < -0.4 is 4.74 Å². The molecule has 0 saturated heterocycles. The van der Waals surface area contributed by atoms with Crippen LogP contribution in [0.25, 0.3) is 0 Å². The summed E-state index contributed by atoms with van der Waals surface area (Å²) in [6.45, 7) is 0. The molecule has 1 atom stereocenters. The number of halogens is 1. The van der Waals surface area contributed by atoms with Crippen LogP contribution in [0.15, 0.2) is 18.2 Å². The van der Waals surface area contributed by atoms with Crippen LogP contribution in [0.2, 0.25) is 0 Å². The van der Waals surface area contributed by atoms with Gasteiger partial charge < -0.3 is 9.84 Å². The van der Waals surface area contributed by atoms with Gasteiger partial charge in [0.25, 0.3) is 0 Å². The van der Waals surface area contributed by atoms with Crippen LogP contribution in [0.4, 0.5) is 4.39 Å². The molecule has 0 heterocycles. The topological polar surface area (TPSA) is 29.5 Å². The lowest BCUT2D eigenvalue weighted by atomic mass is 10.1. The maximum Gasteiger partial charge on any atom is 0.165 e. The van der Waals surface area contributed by atoms with E-state index in [1.165, 1.54) is 31.0 Å². The molecule has 1 aromatic carbocycles. The van der Waals surface area contributed by atoms with Crippen LogP contribution in [-0.4, -0.2) is 24.2 Å². The minimum atomic E-state index is -0.620. The number of methoxy groups -OCH3 is 1. The molecule has 1 rings (SSSR count). The number of hydrogen-bond acceptors (Lipinski definition) is 3. The summed E-state index contributed by atoms with van der Waals surface area (Å²) < 4.78 is 18.0. The Kier molecular flexibility index (Phi) is 4.22. The Balaban J connectivity index is 2.85. The third-order valence-corrected chi connectivity index (χ3v) is 2.53. The number of hydrogen-bond donors (Lipinski definition) is 1. The monoisotopic (exact) mass is 216 g/mol. The van der Waals surface area contributed by atoms with Crippen LogP contribution in [0.1, 0.15) is 11.7 Å². The minimum Gasteiger partial charge on any atom is -0.494 e. The van der Waals surface area contributed by atoms with Gasteiger partial charge in [-0.15, -0.1) is 0 Å². The highest BCUT2D eigenvalue weighted by Gasteiger charge is 2.10. The van der Waals surface area contributed by atoms with Crippen molar-refractivity contribution in [1.29, 1.82) is 0 Å². The van der Waals surface area contributed by atoms with Crippen molar-refractivity contribution >= 4 is 11.8 Å². The van der Waals surface area contributed by atoms with Gasteiger partial charge in [-0.3, -0.25) is 0 Å². The molecule has 0 aromatic heterocycles. The fraction of sp³-hybridized carbons (Fsp3) is 0.400. The van der Waals surface area contributed by atoms with Crippen molar-refractivity contribution in [3.05, 3.63) is 29.6 Å². The van der Waals surface area contributed by atoms with Gasteiger partial charge in [-0.05, 0) is 24.0 Å². The molecular formula is C10H13FO2S. The zero-order valence-electron chi connectivity index (χ0n) is 8.16. The predicted molar refractivity (Wildman–Crippen MR) is 56.3 cm³/mol. The summed E-state index contributed by atoms with van der Waals surface area (Å²) in [5.74, 6) is 0.321. The first-order chi connectivity index (χ1) is 6.69. The normalized spacial score (nSPS) is 12.6. The molecule has 4 heteroatoms. The van der Waals surface area contributed by atoms with Crippen LogP contribution in [0.5, 0.6) is 5.75 Å². The lowest BCUT2D eigenvalue weighted by Gasteiger charge is -2.10. The van der Waals surface area contributed by atoms with E-state index in [1.54, 1.807) is 6.07 Å². The predicted octanol–water partition coefficient (Wildman–Crippen LogP) is 2.23. The maximum atomic E-state index is 13.2. The molecule has 2 nitrogen and oxygen atoms in total. The van der Waals surface area contributed by atoms with Crippen molar-refractivity contribution in [2.75, 3.05) is 19.1 Å². The molecule has 14 heavy (non-hydrogen) atoms. The van der Waals surface area contributed by atoms with E-state index >= 15 is 0 Å². The van der Waals surface area contributed by atoms with E-state index in [9.17, 15) is 9.50 Å². The number of benzene rings is 1. The third kappa shape index (κ3) is 2.62. The van der Waals surface area contributed by atoms with Gasteiger partial charge in [-0.2, -0.15) is 11.8 Å². The summed E-state index contributed by atoms with van der Waals surface area (Å²) in [5, 5.41) is 9.58. The van der Waals surface area contributed by atoms with E-state index in [2.05, 4.69) is 0 Å². The van der Waals surface area contributed by atoms with Gasteiger partial charge in [0.15, 0.2) is 11.6 Å². The van der Waals surface area contributed by atoms with Crippen molar-refractivity contribution in [3.63, 3.8) is 0 Å². The van der Waals surface area contributed by atoms with E-state index in [-0.39, 0.29) is 5.75 Å². The summed E-state index contributed by atoms with van der Waals surface area (Å²) >= 11 is 1.52. The summed E-state index contributed by atoms with van der Waals surface area (Å²) in [5.41, 5.74) is 0.581. The SMILES string of the molecule is COc1ccc(C(O)CSC)cc1F. The Morgan fingerprint density at radius 3 is 2.79 bits per heavy atom. The van der Waals surface area contributed by atoms with Crippen molar-refractivity contribution in [3.8, 4) is 5.75 Å². The van der Waals surface area contributed by atoms with Gasteiger partial charge >= 0.3 is 0 Å². The molecule has 1 unspecified atom stereocenters. The van der Waals surface area contributed by atoms with Gasteiger partial charge in [-0.1, -0.05) is 6.07 Å². The second-order valence-corrected chi connectivity index (χ2v) is 3.78. The summed E-state index contributed by atoms with van der Waals surface area (Å²) in [7, 11) is 1.41. The molecule has 0 spiro atoms. The molecule has 1 aromatic rings. The first-order valence-corrected chi connectivity index (χ1v) is 5.59. The van der Waals surface area contributed by atoms with E-state index < -0.39 is 11.9 Å². The summed E-state index contributed by atoms with van der Waals surface area (Å²) in [6, 6.07) is 4.50. The molecule has 0 amide bonds. The average molecular weight is 216 g/mol. The average Bonchev–Trinajstić information content (AvgIpc) is 2.18. The Labute approximate surface area is 87.1 Å². The standard InChI is InChI=1S/C10H13FO2S/c1-13-10-4-3-7(5-8(10)11)9(12)6-14-2/h3-5,9,12H,6H2,1-2H3. The largest absolute Gasteiger partial charge is 0.494 e. The molecular weight excluding hydrogens is 203 g/mol. The van der Waals surface area contributed by atoms with Crippen molar-refractivity contribution in [1.82, 2.24) is 0 Å². The summed E-state index contributed by atoms with van der Waals surface area (Å²) in [6.07, 6.45) is 1.27. The molecule has 0 radical (unpaired) electrons. The van der Waals surface area contributed by atoms with Gasteiger partial charge in [0.1, 0.15) is 0 Å². The Bertz CT molecular complexity index is 304. The molecule has 0 fully saturated rings.